The molecule has 0 N–H and O–H groups in total. The molecule has 110 valence electrons. The predicted octanol–water partition coefficient (Wildman–Crippen LogP) is 5.33. The fourth-order valence-corrected chi connectivity index (χ4v) is 2.71. The van der Waals surface area contributed by atoms with Crippen LogP contribution in [0, 0.1) is 5.92 Å². The van der Waals surface area contributed by atoms with Crippen molar-refractivity contribution in [1.29, 1.82) is 0 Å². The number of ketones is 1. The number of nitrogens with zero attached hydrogens (tertiary/aromatic N) is 1. The van der Waals surface area contributed by atoms with Crippen molar-refractivity contribution in [3.05, 3.63) is 42.5 Å². The van der Waals surface area contributed by atoms with Gasteiger partial charge in [0.2, 0.25) is 0 Å². The topological polar surface area (TPSA) is 29.4 Å². The lowest BCUT2D eigenvalue weighted by atomic mass is 9.92. The van der Waals surface area contributed by atoms with E-state index in [1.54, 1.807) is 0 Å². The molecule has 2 rings (SSSR count). The second-order valence-electron chi connectivity index (χ2n) is 5.27. The van der Waals surface area contributed by atoms with Crippen molar-refractivity contribution in [3.8, 4) is 0 Å². The van der Waals surface area contributed by atoms with Crippen LogP contribution in [-0.2, 0) is 4.79 Å². The molecule has 0 fully saturated rings. The van der Waals surface area contributed by atoms with Gasteiger partial charge in [-0.2, -0.15) is 0 Å². The number of benzene rings is 2. The molecule has 0 bridgehead atoms. The minimum Gasteiger partial charge on any atom is -0.299 e. The average molecular weight is 281 g/mol. The second-order valence-corrected chi connectivity index (χ2v) is 5.27. The molecule has 2 heteroatoms. The van der Waals surface area contributed by atoms with E-state index in [4.69, 9.17) is 4.99 Å². The normalized spacial score (nSPS) is 13.4. The Kier molecular flexibility index (Phi) is 5.26. The molecule has 21 heavy (non-hydrogen) atoms. The highest BCUT2D eigenvalue weighted by Gasteiger charge is 2.19. The van der Waals surface area contributed by atoms with Gasteiger partial charge in [0.05, 0.1) is 11.6 Å². The van der Waals surface area contributed by atoms with Gasteiger partial charge in [0, 0.05) is 12.1 Å². The molecule has 0 aromatic heterocycles. The molecule has 1 unspecified atom stereocenters. The Morgan fingerprint density at radius 1 is 1.00 bits per heavy atom. The molecule has 0 saturated carbocycles. The van der Waals surface area contributed by atoms with E-state index in [2.05, 4.69) is 38.1 Å². The number of rotatable bonds is 6. The van der Waals surface area contributed by atoms with Crippen LogP contribution < -0.4 is 0 Å². The maximum atomic E-state index is 12.1. The number of carbonyl (C=O) groups is 1. The van der Waals surface area contributed by atoms with E-state index >= 15 is 0 Å². The van der Waals surface area contributed by atoms with Crippen molar-refractivity contribution < 1.29 is 4.79 Å². The fourth-order valence-electron chi connectivity index (χ4n) is 2.71. The molecule has 0 aliphatic rings. The van der Waals surface area contributed by atoms with Gasteiger partial charge in [-0.3, -0.25) is 9.79 Å². The zero-order chi connectivity index (χ0) is 15.2. The standard InChI is InChI=1S/C19H23NO/c1-4-17(19(21)6-3)18(5-2)20-16-12-11-14-9-7-8-10-15(14)13-16/h7-13,17H,4-6H2,1-3H3/b20-18-. The first kappa shape index (κ1) is 15.4. The summed E-state index contributed by atoms with van der Waals surface area (Å²) in [7, 11) is 0. The third kappa shape index (κ3) is 3.57. The molecule has 0 saturated heterocycles. The Bertz CT molecular complexity index is 657. The number of fused-ring (bicyclic) bond motifs is 1. The average Bonchev–Trinajstić information content (AvgIpc) is 2.54. The maximum absolute atomic E-state index is 12.1. The number of Topliss-reactive ketones (excluding diaryl/α,β-unsaturated/α-hetero) is 1. The molecular formula is C19H23NO. The van der Waals surface area contributed by atoms with Crippen LogP contribution in [0.25, 0.3) is 10.8 Å². The van der Waals surface area contributed by atoms with Crippen LogP contribution >= 0.6 is 0 Å². The third-order valence-electron chi connectivity index (χ3n) is 3.92. The molecule has 2 nitrogen and oxygen atoms in total. The number of aliphatic imine (C=N–C) groups is 1. The van der Waals surface area contributed by atoms with E-state index in [1.165, 1.54) is 10.8 Å². The highest BCUT2D eigenvalue weighted by atomic mass is 16.1. The van der Waals surface area contributed by atoms with Gasteiger partial charge >= 0.3 is 0 Å². The van der Waals surface area contributed by atoms with Gasteiger partial charge in [0.15, 0.2) is 0 Å². The number of hydrogen-bond donors (Lipinski definition) is 0. The van der Waals surface area contributed by atoms with Crippen LogP contribution in [0.3, 0.4) is 0 Å². The first-order chi connectivity index (χ1) is 10.2. The Hall–Kier alpha value is -1.96. The molecule has 2 aromatic rings. The molecule has 0 radical (unpaired) electrons. The van der Waals surface area contributed by atoms with E-state index in [9.17, 15) is 4.79 Å². The maximum Gasteiger partial charge on any atom is 0.141 e. The van der Waals surface area contributed by atoms with Crippen molar-refractivity contribution in [1.82, 2.24) is 0 Å². The number of carbonyl (C=O) groups excluding carboxylic acids is 1. The summed E-state index contributed by atoms with van der Waals surface area (Å²) >= 11 is 0. The van der Waals surface area contributed by atoms with Crippen LogP contribution in [0.2, 0.25) is 0 Å². The van der Waals surface area contributed by atoms with E-state index in [0.717, 1.165) is 24.2 Å². The van der Waals surface area contributed by atoms with Gasteiger partial charge < -0.3 is 0 Å². The molecule has 0 amide bonds. The molecule has 0 spiro atoms. The minimum absolute atomic E-state index is 0.0357. The summed E-state index contributed by atoms with van der Waals surface area (Å²) < 4.78 is 0. The summed E-state index contributed by atoms with van der Waals surface area (Å²) in [4.78, 5) is 16.8. The van der Waals surface area contributed by atoms with Crippen LogP contribution in [0.5, 0.6) is 0 Å². The summed E-state index contributed by atoms with van der Waals surface area (Å²) in [6, 6.07) is 14.5. The number of hydrogen-bond acceptors (Lipinski definition) is 2. The van der Waals surface area contributed by atoms with Crippen molar-refractivity contribution in [3.63, 3.8) is 0 Å². The fraction of sp³-hybridized carbons (Fsp3) is 0.368. The van der Waals surface area contributed by atoms with Gasteiger partial charge in [-0.25, -0.2) is 0 Å². The zero-order valence-corrected chi connectivity index (χ0v) is 13.1. The van der Waals surface area contributed by atoms with E-state index in [-0.39, 0.29) is 5.92 Å². The Morgan fingerprint density at radius 2 is 1.71 bits per heavy atom. The summed E-state index contributed by atoms with van der Waals surface area (Å²) in [5.41, 5.74) is 1.94. The van der Waals surface area contributed by atoms with Crippen molar-refractivity contribution in [2.24, 2.45) is 10.9 Å². The highest BCUT2D eigenvalue weighted by Crippen LogP contribution is 2.23. The highest BCUT2D eigenvalue weighted by molar-refractivity contribution is 6.06. The van der Waals surface area contributed by atoms with Crippen LogP contribution in [0.1, 0.15) is 40.0 Å². The second kappa shape index (κ2) is 7.16. The Balaban J connectivity index is 2.38. The summed E-state index contributed by atoms with van der Waals surface area (Å²) in [6.07, 6.45) is 2.22. The van der Waals surface area contributed by atoms with E-state index in [0.29, 0.717) is 12.2 Å². The molecule has 0 aliphatic heterocycles. The lowest BCUT2D eigenvalue weighted by Gasteiger charge is -2.15. The van der Waals surface area contributed by atoms with Gasteiger partial charge in [-0.15, -0.1) is 0 Å². The van der Waals surface area contributed by atoms with Crippen molar-refractivity contribution in [2.45, 2.75) is 40.0 Å². The zero-order valence-electron chi connectivity index (χ0n) is 13.1. The van der Waals surface area contributed by atoms with Gasteiger partial charge in [-0.05, 0) is 35.7 Å². The van der Waals surface area contributed by atoms with Crippen molar-refractivity contribution in [2.75, 3.05) is 0 Å². The predicted molar refractivity (Wildman–Crippen MR) is 90.4 cm³/mol. The molecule has 0 aliphatic carbocycles. The van der Waals surface area contributed by atoms with Crippen LogP contribution in [0.4, 0.5) is 5.69 Å². The van der Waals surface area contributed by atoms with Crippen LogP contribution in [-0.4, -0.2) is 11.5 Å². The lowest BCUT2D eigenvalue weighted by Crippen LogP contribution is -2.22. The molecule has 1 atom stereocenters. The first-order valence-corrected chi connectivity index (χ1v) is 7.78. The molecule has 2 aromatic carbocycles. The summed E-state index contributed by atoms with van der Waals surface area (Å²) in [6.45, 7) is 6.06. The summed E-state index contributed by atoms with van der Waals surface area (Å²) in [5.74, 6) is 0.255. The lowest BCUT2D eigenvalue weighted by molar-refractivity contribution is -0.120. The van der Waals surface area contributed by atoms with Crippen LogP contribution in [0.15, 0.2) is 47.5 Å². The summed E-state index contributed by atoms with van der Waals surface area (Å²) in [5, 5.41) is 2.40. The molecule has 0 heterocycles. The van der Waals surface area contributed by atoms with Gasteiger partial charge in [0.1, 0.15) is 5.78 Å². The smallest absolute Gasteiger partial charge is 0.141 e. The Morgan fingerprint density at radius 3 is 2.33 bits per heavy atom. The SMILES string of the molecule is CCC(=O)C(CC)/C(CC)=N\c1ccc2ccccc2c1. The quantitative estimate of drug-likeness (QED) is 0.658. The van der Waals surface area contributed by atoms with Gasteiger partial charge in [0.25, 0.3) is 0 Å². The van der Waals surface area contributed by atoms with Crippen molar-refractivity contribution >= 4 is 28.0 Å². The Labute approximate surface area is 126 Å². The van der Waals surface area contributed by atoms with E-state index < -0.39 is 0 Å². The van der Waals surface area contributed by atoms with E-state index in [1.807, 2.05) is 25.1 Å². The minimum atomic E-state index is -0.0357. The monoisotopic (exact) mass is 281 g/mol. The third-order valence-corrected chi connectivity index (χ3v) is 3.92. The largest absolute Gasteiger partial charge is 0.299 e. The molecular weight excluding hydrogens is 258 g/mol. The first-order valence-electron chi connectivity index (χ1n) is 7.78. The van der Waals surface area contributed by atoms with Gasteiger partial charge in [-0.1, -0.05) is 51.1 Å².